The molecular formula is C15H27N3O. The van der Waals surface area contributed by atoms with Gasteiger partial charge in [0.05, 0.1) is 19.0 Å². The highest BCUT2D eigenvalue weighted by molar-refractivity contribution is 5.29. The summed E-state index contributed by atoms with van der Waals surface area (Å²) < 4.78 is 7.46. The minimum Gasteiger partial charge on any atom is -0.493 e. The van der Waals surface area contributed by atoms with Crippen LogP contribution in [-0.4, -0.2) is 23.4 Å². The molecular weight excluding hydrogens is 238 g/mol. The van der Waals surface area contributed by atoms with Gasteiger partial charge in [-0.25, -0.2) is 0 Å². The van der Waals surface area contributed by atoms with Crippen LogP contribution in [0.1, 0.15) is 50.6 Å². The zero-order valence-electron chi connectivity index (χ0n) is 12.4. The third-order valence-corrected chi connectivity index (χ3v) is 4.62. The fraction of sp³-hybridized carbons (Fsp3) is 0.800. The molecule has 19 heavy (non-hydrogen) atoms. The van der Waals surface area contributed by atoms with E-state index in [4.69, 9.17) is 10.5 Å². The van der Waals surface area contributed by atoms with Crippen molar-refractivity contribution in [2.45, 2.75) is 44.9 Å². The Hall–Kier alpha value is -1.03. The van der Waals surface area contributed by atoms with E-state index in [2.05, 4.69) is 12.0 Å². The zero-order valence-corrected chi connectivity index (χ0v) is 12.4. The summed E-state index contributed by atoms with van der Waals surface area (Å²) >= 11 is 0. The molecule has 4 heteroatoms. The summed E-state index contributed by atoms with van der Waals surface area (Å²) in [6.45, 7) is 3.03. The molecule has 0 amide bonds. The third kappa shape index (κ3) is 2.94. The van der Waals surface area contributed by atoms with Crippen LogP contribution in [0.4, 0.5) is 0 Å². The van der Waals surface area contributed by atoms with Gasteiger partial charge in [-0.15, -0.1) is 0 Å². The normalized spacial score (nSPS) is 27.5. The summed E-state index contributed by atoms with van der Waals surface area (Å²) in [5, 5.41) is 4.35. The van der Waals surface area contributed by atoms with Crippen LogP contribution in [0.15, 0.2) is 6.20 Å². The second-order valence-electron chi connectivity index (χ2n) is 5.79. The first kappa shape index (κ1) is 14.4. The second-order valence-corrected chi connectivity index (χ2v) is 5.79. The van der Waals surface area contributed by atoms with Crippen molar-refractivity contribution in [3.63, 3.8) is 0 Å². The maximum atomic E-state index is 5.99. The molecule has 108 valence electrons. The first-order valence-electron chi connectivity index (χ1n) is 7.47. The molecule has 1 aliphatic rings. The van der Waals surface area contributed by atoms with Gasteiger partial charge in [-0.3, -0.25) is 4.68 Å². The highest BCUT2D eigenvalue weighted by Gasteiger charge is 2.34. The van der Waals surface area contributed by atoms with E-state index in [1.807, 2.05) is 17.9 Å². The van der Waals surface area contributed by atoms with Crippen LogP contribution in [0.3, 0.4) is 0 Å². The van der Waals surface area contributed by atoms with Gasteiger partial charge in [0.25, 0.3) is 0 Å². The topological polar surface area (TPSA) is 53.1 Å². The molecule has 3 atom stereocenters. The monoisotopic (exact) mass is 265 g/mol. The summed E-state index contributed by atoms with van der Waals surface area (Å²) in [6.07, 6.45) is 8.21. The number of nitrogens with zero attached hydrogens (tertiary/aromatic N) is 2. The molecule has 1 fully saturated rings. The van der Waals surface area contributed by atoms with Crippen molar-refractivity contribution in [2.75, 3.05) is 13.7 Å². The van der Waals surface area contributed by atoms with Crippen LogP contribution in [-0.2, 0) is 7.05 Å². The number of nitrogens with two attached hydrogens (primary N) is 1. The predicted octanol–water partition coefficient (Wildman–Crippen LogP) is 2.69. The van der Waals surface area contributed by atoms with Gasteiger partial charge in [0, 0.05) is 13.0 Å². The number of hydrogen-bond donors (Lipinski definition) is 1. The smallest absolute Gasteiger partial charge is 0.160 e. The van der Waals surface area contributed by atoms with Crippen LogP contribution in [0, 0.1) is 11.8 Å². The van der Waals surface area contributed by atoms with E-state index in [-0.39, 0.29) is 0 Å². The number of methoxy groups -OCH3 is 1. The van der Waals surface area contributed by atoms with Crippen molar-refractivity contribution in [1.82, 2.24) is 9.78 Å². The molecule has 1 aromatic heterocycles. The van der Waals surface area contributed by atoms with Crippen LogP contribution >= 0.6 is 0 Å². The number of aryl methyl sites for hydroxylation is 1. The maximum absolute atomic E-state index is 5.99. The van der Waals surface area contributed by atoms with Crippen molar-refractivity contribution in [1.29, 1.82) is 0 Å². The Balaban J connectivity index is 2.24. The Morgan fingerprint density at radius 2 is 2.26 bits per heavy atom. The molecule has 0 saturated heterocycles. The van der Waals surface area contributed by atoms with Gasteiger partial charge in [-0.1, -0.05) is 26.2 Å². The molecule has 1 saturated carbocycles. The Morgan fingerprint density at radius 1 is 1.47 bits per heavy atom. The lowest BCUT2D eigenvalue weighted by atomic mass is 9.71. The van der Waals surface area contributed by atoms with Crippen LogP contribution in [0.25, 0.3) is 0 Å². The fourth-order valence-electron chi connectivity index (χ4n) is 3.61. The minimum absolute atomic E-state index is 0.498. The summed E-state index contributed by atoms with van der Waals surface area (Å²) in [4.78, 5) is 0. The molecule has 2 rings (SSSR count). The zero-order chi connectivity index (χ0) is 13.8. The molecule has 0 bridgehead atoms. The van der Waals surface area contributed by atoms with E-state index in [0.29, 0.717) is 11.8 Å². The highest BCUT2D eigenvalue weighted by Crippen LogP contribution is 2.44. The quantitative estimate of drug-likeness (QED) is 0.890. The molecule has 0 spiro atoms. The van der Waals surface area contributed by atoms with Crippen LogP contribution < -0.4 is 10.5 Å². The molecule has 1 aromatic rings. The maximum Gasteiger partial charge on any atom is 0.160 e. The molecule has 0 aromatic carbocycles. The van der Waals surface area contributed by atoms with Gasteiger partial charge < -0.3 is 10.5 Å². The van der Waals surface area contributed by atoms with E-state index >= 15 is 0 Å². The Labute approximate surface area is 116 Å². The lowest BCUT2D eigenvalue weighted by Gasteiger charge is -2.36. The van der Waals surface area contributed by atoms with E-state index in [1.54, 1.807) is 7.11 Å². The SMILES string of the molecule is CCCC1CCC(CN)C(c2c(OC)cnn2C)C1. The molecule has 0 radical (unpaired) electrons. The van der Waals surface area contributed by atoms with E-state index < -0.39 is 0 Å². The molecule has 0 aliphatic heterocycles. The van der Waals surface area contributed by atoms with Gasteiger partial charge in [-0.2, -0.15) is 5.10 Å². The summed E-state index contributed by atoms with van der Waals surface area (Å²) in [6, 6.07) is 0. The summed E-state index contributed by atoms with van der Waals surface area (Å²) in [5.41, 5.74) is 7.23. The first-order valence-corrected chi connectivity index (χ1v) is 7.47. The standard InChI is InChI=1S/C15H27N3O/c1-4-5-11-6-7-12(9-16)13(8-11)15-14(19-3)10-17-18(15)2/h10-13H,4-9,16H2,1-3H3. The van der Waals surface area contributed by atoms with Crippen molar-refractivity contribution >= 4 is 0 Å². The van der Waals surface area contributed by atoms with Crippen molar-refractivity contribution in [3.8, 4) is 5.75 Å². The first-order chi connectivity index (χ1) is 9.21. The van der Waals surface area contributed by atoms with Crippen LogP contribution in [0.2, 0.25) is 0 Å². The van der Waals surface area contributed by atoms with Gasteiger partial charge in [0.2, 0.25) is 0 Å². The predicted molar refractivity (Wildman–Crippen MR) is 77.3 cm³/mol. The fourth-order valence-corrected chi connectivity index (χ4v) is 3.61. The number of hydrogen-bond acceptors (Lipinski definition) is 3. The highest BCUT2D eigenvalue weighted by atomic mass is 16.5. The second kappa shape index (κ2) is 6.42. The van der Waals surface area contributed by atoms with E-state index in [0.717, 1.165) is 18.2 Å². The Kier molecular flexibility index (Phi) is 4.86. The van der Waals surface area contributed by atoms with E-state index in [1.165, 1.54) is 37.8 Å². The lowest BCUT2D eigenvalue weighted by molar-refractivity contribution is 0.219. The molecule has 1 aliphatic carbocycles. The summed E-state index contributed by atoms with van der Waals surface area (Å²) in [5.74, 6) is 2.82. The average molecular weight is 265 g/mol. The van der Waals surface area contributed by atoms with Gasteiger partial charge in [0.15, 0.2) is 5.75 Å². The lowest BCUT2D eigenvalue weighted by Crippen LogP contribution is -2.30. The van der Waals surface area contributed by atoms with Crippen molar-refractivity contribution < 1.29 is 4.74 Å². The largest absolute Gasteiger partial charge is 0.493 e. The number of ether oxygens (including phenoxy) is 1. The molecule has 2 N–H and O–H groups in total. The van der Waals surface area contributed by atoms with Gasteiger partial charge >= 0.3 is 0 Å². The number of rotatable bonds is 5. The molecule has 1 heterocycles. The number of aromatic nitrogens is 2. The average Bonchev–Trinajstić information content (AvgIpc) is 2.80. The van der Waals surface area contributed by atoms with Gasteiger partial charge in [0.1, 0.15) is 0 Å². The molecule has 3 unspecified atom stereocenters. The van der Waals surface area contributed by atoms with Crippen molar-refractivity contribution in [2.24, 2.45) is 24.6 Å². The minimum atomic E-state index is 0.498. The Morgan fingerprint density at radius 3 is 2.89 bits per heavy atom. The summed E-state index contributed by atoms with van der Waals surface area (Å²) in [7, 11) is 3.74. The van der Waals surface area contributed by atoms with E-state index in [9.17, 15) is 0 Å². The van der Waals surface area contributed by atoms with Crippen LogP contribution in [0.5, 0.6) is 5.75 Å². The van der Waals surface area contributed by atoms with Crippen molar-refractivity contribution in [3.05, 3.63) is 11.9 Å². The molecule has 4 nitrogen and oxygen atoms in total. The third-order valence-electron chi connectivity index (χ3n) is 4.62. The van der Waals surface area contributed by atoms with Gasteiger partial charge in [-0.05, 0) is 31.2 Å². The Bertz CT molecular complexity index is 402.